The molecule has 0 bridgehead atoms. The standard InChI is InChI=1S/C13H14FN3O/c1-13(12(16)18)4-5-17(8-13)10-3-2-9(7-15)11(14)6-10/h2-3,6H,4-5,8H2,1H3,(H2,16,18). The minimum atomic E-state index is -0.565. The average molecular weight is 247 g/mol. The Labute approximate surface area is 105 Å². The van der Waals surface area contributed by atoms with Gasteiger partial charge in [0.2, 0.25) is 5.91 Å². The Bertz CT molecular complexity index is 538. The molecule has 1 atom stereocenters. The summed E-state index contributed by atoms with van der Waals surface area (Å²) < 4.78 is 13.5. The maximum Gasteiger partial charge on any atom is 0.225 e. The summed E-state index contributed by atoms with van der Waals surface area (Å²) in [5, 5.41) is 8.67. The van der Waals surface area contributed by atoms with E-state index in [2.05, 4.69) is 0 Å². The summed E-state index contributed by atoms with van der Waals surface area (Å²) in [6.07, 6.45) is 0.657. The number of benzene rings is 1. The monoisotopic (exact) mass is 247 g/mol. The second-order valence-corrected chi connectivity index (χ2v) is 4.87. The highest BCUT2D eigenvalue weighted by Gasteiger charge is 2.38. The zero-order valence-electron chi connectivity index (χ0n) is 10.1. The van der Waals surface area contributed by atoms with Crippen LogP contribution < -0.4 is 10.6 Å². The molecular weight excluding hydrogens is 233 g/mol. The molecule has 1 fully saturated rings. The lowest BCUT2D eigenvalue weighted by molar-refractivity contribution is -0.125. The predicted molar refractivity (Wildman–Crippen MR) is 65.2 cm³/mol. The topological polar surface area (TPSA) is 70.1 Å². The van der Waals surface area contributed by atoms with Crippen LogP contribution in [0, 0.1) is 22.6 Å². The molecule has 1 aliphatic heterocycles. The summed E-state index contributed by atoms with van der Waals surface area (Å²) in [5.41, 5.74) is 5.50. The number of hydrogen-bond acceptors (Lipinski definition) is 3. The lowest BCUT2D eigenvalue weighted by Crippen LogP contribution is -2.37. The maximum absolute atomic E-state index is 13.5. The number of anilines is 1. The van der Waals surface area contributed by atoms with E-state index in [1.165, 1.54) is 12.1 Å². The van der Waals surface area contributed by atoms with Crippen molar-refractivity contribution in [2.75, 3.05) is 18.0 Å². The Morgan fingerprint density at radius 3 is 2.83 bits per heavy atom. The quantitative estimate of drug-likeness (QED) is 0.858. The smallest absolute Gasteiger partial charge is 0.225 e. The third-order valence-electron chi connectivity index (χ3n) is 3.51. The third kappa shape index (κ3) is 2.02. The zero-order valence-corrected chi connectivity index (χ0v) is 10.1. The largest absolute Gasteiger partial charge is 0.370 e. The second kappa shape index (κ2) is 4.30. The fourth-order valence-corrected chi connectivity index (χ4v) is 2.17. The van der Waals surface area contributed by atoms with Gasteiger partial charge in [0.15, 0.2) is 0 Å². The van der Waals surface area contributed by atoms with Crippen molar-refractivity contribution >= 4 is 11.6 Å². The van der Waals surface area contributed by atoms with Crippen LogP contribution in [0.5, 0.6) is 0 Å². The van der Waals surface area contributed by atoms with Gasteiger partial charge in [-0.2, -0.15) is 5.26 Å². The average Bonchev–Trinajstić information content (AvgIpc) is 2.73. The molecule has 2 N–H and O–H groups in total. The summed E-state index contributed by atoms with van der Waals surface area (Å²) in [6.45, 7) is 2.95. The van der Waals surface area contributed by atoms with Crippen LogP contribution in [0.25, 0.3) is 0 Å². The van der Waals surface area contributed by atoms with Gasteiger partial charge in [0.25, 0.3) is 0 Å². The van der Waals surface area contributed by atoms with Gasteiger partial charge in [-0.1, -0.05) is 0 Å². The van der Waals surface area contributed by atoms with Crippen LogP contribution in [0.1, 0.15) is 18.9 Å². The van der Waals surface area contributed by atoms with Crippen molar-refractivity contribution in [1.82, 2.24) is 0 Å². The predicted octanol–water partition coefficient (Wildman–Crippen LogP) is 1.40. The van der Waals surface area contributed by atoms with Crippen LogP contribution in [0.2, 0.25) is 0 Å². The zero-order chi connectivity index (χ0) is 13.3. The summed E-state index contributed by atoms with van der Waals surface area (Å²) in [6, 6.07) is 6.24. The minimum Gasteiger partial charge on any atom is -0.370 e. The number of carbonyl (C=O) groups is 1. The van der Waals surface area contributed by atoms with Crippen LogP contribution in [-0.4, -0.2) is 19.0 Å². The molecule has 0 aliphatic carbocycles. The van der Waals surface area contributed by atoms with Crippen molar-refractivity contribution < 1.29 is 9.18 Å². The number of nitrogens with zero attached hydrogens (tertiary/aromatic N) is 2. The number of nitriles is 1. The summed E-state index contributed by atoms with van der Waals surface area (Å²) in [7, 11) is 0. The summed E-state index contributed by atoms with van der Waals surface area (Å²) >= 11 is 0. The second-order valence-electron chi connectivity index (χ2n) is 4.87. The lowest BCUT2D eigenvalue weighted by Gasteiger charge is -2.22. The van der Waals surface area contributed by atoms with E-state index in [4.69, 9.17) is 11.0 Å². The Kier molecular flexibility index (Phi) is 2.95. The fraction of sp³-hybridized carbons (Fsp3) is 0.385. The molecule has 1 aromatic carbocycles. The fourth-order valence-electron chi connectivity index (χ4n) is 2.17. The van der Waals surface area contributed by atoms with Crippen LogP contribution in [0.4, 0.5) is 10.1 Å². The molecule has 1 aromatic rings. The Morgan fingerprint density at radius 2 is 2.33 bits per heavy atom. The molecule has 1 aliphatic rings. The molecule has 1 saturated heterocycles. The Balaban J connectivity index is 2.23. The van der Waals surface area contributed by atoms with Gasteiger partial charge in [-0.05, 0) is 31.5 Å². The molecule has 1 amide bonds. The number of amides is 1. The van der Waals surface area contributed by atoms with Crippen LogP contribution in [0.15, 0.2) is 18.2 Å². The first kappa shape index (κ1) is 12.4. The Morgan fingerprint density at radius 1 is 1.61 bits per heavy atom. The van der Waals surface area contributed by atoms with Crippen molar-refractivity contribution in [3.63, 3.8) is 0 Å². The lowest BCUT2D eigenvalue weighted by atomic mass is 9.89. The van der Waals surface area contributed by atoms with Gasteiger partial charge < -0.3 is 10.6 Å². The van der Waals surface area contributed by atoms with E-state index in [0.29, 0.717) is 25.2 Å². The number of hydrogen-bond donors (Lipinski definition) is 1. The van der Waals surface area contributed by atoms with Crippen LogP contribution in [0.3, 0.4) is 0 Å². The number of primary amides is 1. The Hall–Kier alpha value is -2.09. The van der Waals surface area contributed by atoms with Gasteiger partial charge in [-0.15, -0.1) is 0 Å². The molecule has 1 unspecified atom stereocenters. The number of nitrogens with two attached hydrogens (primary N) is 1. The van der Waals surface area contributed by atoms with Crippen molar-refractivity contribution in [3.05, 3.63) is 29.6 Å². The SMILES string of the molecule is CC1(C(N)=O)CCN(c2ccc(C#N)c(F)c2)C1. The van der Waals surface area contributed by atoms with Crippen molar-refractivity contribution in [2.45, 2.75) is 13.3 Å². The summed E-state index contributed by atoms with van der Waals surface area (Å²) in [5.74, 6) is -0.873. The van der Waals surface area contributed by atoms with Gasteiger partial charge in [0.1, 0.15) is 11.9 Å². The van der Waals surface area contributed by atoms with Gasteiger partial charge in [0.05, 0.1) is 11.0 Å². The van der Waals surface area contributed by atoms with E-state index in [-0.39, 0.29) is 11.5 Å². The molecule has 2 rings (SSSR count). The van der Waals surface area contributed by atoms with E-state index in [1.54, 1.807) is 12.1 Å². The molecule has 1 heterocycles. The molecule has 94 valence electrons. The highest BCUT2D eigenvalue weighted by Crippen LogP contribution is 2.33. The molecule has 0 aromatic heterocycles. The van der Waals surface area contributed by atoms with E-state index in [9.17, 15) is 9.18 Å². The number of halogens is 1. The van der Waals surface area contributed by atoms with Gasteiger partial charge >= 0.3 is 0 Å². The van der Waals surface area contributed by atoms with Gasteiger partial charge in [-0.25, -0.2) is 4.39 Å². The van der Waals surface area contributed by atoms with Crippen molar-refractivity contribution in [3.8, 4) is 6.07 Å². The number of carbonyl (C=O) groups excluding carboxylic acids is 1. The maximum atomic E-state index is 13.5. The highest BCUT2D eigenvalue weighted by atomic mass is 19.1. The summed E-state index contributed by atoms with van der Waals surface area (Å²) in [4.78, 5) is 13.3. The van der Waals surface area contributed by atoms with Crippen LogP contribution in [-0.2, 0) is 4.79 Å². The molecule has 4 nitrogen and oxygen atoms in total. The molecule has 0 radical (unpaired) electrons. The highest BCUT2D eigenvalue weighted by molar-refractivity contribution is 5.82. The first-order valence-electron chi connectivity index (χ1n) is 5.71. The molecule has 18 heavy (non-hydrogen) atoms. The third-order valence-corrected chi connectivity index (χ3v) is 3.51. The van der Waals surface area contributed by atoms with E-state index >= 15 is 0 Å². The van der Waals surface area contributed by atoms with Crippen LogP contribution >= 0.6 is 0 Å². The molecular formula is C13H14FN3O. The van der Waals surface area contributed by atoms with Gasteiger partial charge in [0, 0.05) is 18.8 Å². The van der Waals surface area contributed by atoms with Crippen molar-refractivity contribution in [1.29, 1.82) is 5.26 Å². The first-order valence-corrected chi connectivity index (χ1v) is 5.71. The van der Waals surface area contributed by atoms with E-state index in [1.807, 2.05) is 11.8 Å². The van der Waals surface area contributed by atoms with E-state index < -0.39 is 11.2 Å². The molecule has 0 saturated carbocycles. The minimum absolute atomic E-state index is 0.0237. The van der Waals surface area contributed by atoms with Crippen molar-refractivity contribution in [2.24, 2.45) is 11.1 Å². The molecule has 0 spiro atoms. The molecule has 5 heteroatoms. The first-order chi connectivity index (χ1) is 8.46. The van der Waals surface area contributed by atoms with E-state index in [0.717, 1.165) is 0 Å². The number of rotatable bonds is 2. The normalized spacial score (nSPS) is 22.8. The van der Waals surface area contributed by atoms with Gasteiger partial charge in [-0.3, -0.25) is 4.79 Å².